The number of amides is 2. The molecule has 0 aromatic rings. The van der Waals surface area contributed by atoms with Crippen LogP contribution in [0.15, 0.2) is 0 Å². The smallest absolute Gasteiger partial charge is 0.320 e. The van der Waals surface area contributed by atoms with Crippen LogP contribution in [0.2, 0.25) is 0 Å². The fraction of sp³-hybridized carbons (Fsp3) is 0.833. The maximum atomic E-state index is 12.3. The lowest BCUT2D eigenvalue weighted by Crippen LogP contribution is -2.53. The number of likely N-dealkylation sites (N-methyl/N-ethyl adjacent to an activating group) is 1. The summed E-state index contributed by atoms with van der Waals surface area (Å²) in [5.41, 5.74) is -0.645. The Bertz CT molecular complexity index is 326. The Labute approximate surface area is 107 Å². The van der Waals surface area contributed by atoms with Gasteiger partial charge in [0.05, 0.1) is 18.6 Å². The Kier molecular flexibility index (Phi) is 4.56. The van der Waals surface area contributed by atoms with Crippen LogP contribution in [0.3, 0.4) is 0 Å². The third-order valence-electron chi connectivity index (χ3n) is 3.38. The molecule has 2 amide bonds. The van der Waals surface area contributed by atoms with Crippen LogP contribution in [0.4, 0.5) is 4.79 Å². The standard InChI is InChI=1S/C12H22N2O4/c1-12(2,8-15)13(3)11(18)14(9-4-5-9)7-6-10(16)17/h9,15H,4-8H2,1-3H3,(H,16,17). The van der Waals surface area contributed by atoms with Crippen LogP contribution in [-0.4, -0.2) is 63.8 Å². The molecule has 0 saturated heterocycles. The van der Waals surface area contributed by atoms with Crippen molar-refractivity contribution >= 4 is 12.0 Å². The van der Waals surface area contributed by atoms with Crippen molar-refractivity contribution in [2.24, 2.45) is 0 Å². The molecule has 1 fully saturated rings. The van der Waals surface area contributed by atoms with Crippen LogP contribution in [0.1, 0.15) is 33.1 Å². The first-order chi connectivity index (χ1) is 8.29. The van der Waals surface area contributed by atoms with Gasteiger partial charge in [-0.25, -0.2) is 4.79 Å². The SMILES string of the molecule is CN(C(=O)N(CCC(=O)O)C1CC1)C(C)(C)CO. The normalized spacial score (nSPS) is 15.3. The Hall–Kier alpha value is -1.30. The van der Waals surface area contributed by atoms with E-state index in [0.717, 1.165) is 12.8 Å². The maximum absolute atomic E-state index is 12.3. The molecule has 18 heavy (non-hydrogen) atoms. The van der Waals surface area contributed by atoms with Crippen LogP contribution in [0.25, 0.3) is 0 Å². The number of aliphatic hydroxyl groups is 1. The summed E-state index contributed by atoms with van der Waals surface area (Å²) in [6.07, 6.45) is 1.81. The van der Waals surface area contributed by atoms with Gasteiger partial charge in [0.15, 0.2) is 0 Å². The van der Waals surface area contributed by atoms with E-state index < -0.39 is 11.5 Å². The van der Waals surface area contributed by atoms with Gasteiger partial charge in [0, 0.05) is 19.6 Å². The highest BCUT2D eigenvalue weighted by Gasteiger charge is 2.37. The van der Waals surface area contributed by atoms with Crippen molar-refractivity contribution in [2.75, 3.05) is 20.2 Å². The number of nitrogens with zero attached hydrogens (tertiary/aromatic N) is 2. The largest absolute Gasteiger partial charge is 0.481 e. The molecule has 6 heteroatoms. The Balaban J connectivity index is 2.67. The molecule has 0 aliphatic heterocycles. The summed E-state index contributed by atoms with van der Waals surface area (Å²) in [6.45, 7) is 3.64. The number of carboxylic acid groups (broad SMARTS) is 1. The molecule has 6 nitrogen and oxygen atoms in total. The molecule has 0 radical (unpaired) electrons. The molecule has 0 aromatic heterocycles. The summed E-state index contributed by atoms with van der Waals surface area (Å²) < 4.78 is 0. The van der Waals surface area contributed by atoms with Crippen LogP contribution >= 0.6 is 0 Å². The first-order valence-corrected chi connectivity index (χ1v) is 6.16. The van der Waals surface area contributed by atoms with Gasteiger partial charge in [0.1, 0.15) is 0 Å². The molecule has 0 aromatic carbocycles. The first-order valence-electron chi connectivity index (χ1n) is 6.16. The van der Waals surface area contributed by atoms with E-state index in [9.17, 15) is 14.7 Å². The van der Waals surface area contributed by atoms with E-state index in [1.54, 1.807) is 25.8 Å². The minimum Gasteiger partial charge on any atom is -0.481 e. The van der Waals surface area contributed by atoms with Crippen molar-refractivity contribution in [2.45, 2.75) is 44.7 Å². The average Bonchev–Trinajstić information content (AvgIpc) is 3.12. The number of hydrogen-bond acceptors (Lipinski definition) is 3. The van der Waals surface area contributed by atoms with Gasteiger partial charge < -0.3 is 20.0 Å². The average molecular weight is 258 g/mol. The van der Waals surface area contributed by atoms with Gasteiger partial charge >= 0.3 is 12.0 Å². The minimum absolute atomic E-state index is 0.0460. The van der Waals surface area contributed by atoms with Crippen molar-refractivity contribution in [1.82, 2.24) is 9.80 Å². The number of carbonyl (C=O) groups excluding carboxylic acids is 1. The number of aliphatic carboxylic acids is 1. The summed E-state index contributed by atoms with van der Waals surface area (Å²) in [7, 11) is 1.63. The zero-order valence-corrected chi connectivity index (χ0v) is 11.2. The second kappa shape index (κ2) is 5.56. The molecule has 104 valence electrons. The molecule has 0 unspecified atom stereocenters. The topological polar surface area (TPSA) is 81.1 Å². The fourth-order valence-electron chi connectivity index (χ4n) is 1.59. The number of carbonyl (C=O) groups is 2. The van der Waals surface area contributed by atoms with Crippen LogP contribution in [-0.2, 0) is 4.79 Å². The monoisotopic (exact) mass is 258 g/mol. The summed E-state index contributed by atoms with van der Waals surface area (Å²) in [4.78, 5) is 26.0. The summed E-state index contributed by atoms with van der Waals surface area (Å²) >= 11 is 0. The van der Waals surface area contributed by atoms with Gasteiger partial charge in [0.2, 0.25) is 0 Å². The Morgan fingerprint density at radius 3 is 2.28 bits per heavy atom. The van der Waals surface area contributed by atoms with Gasteiger partial charge in [-0.2, -0.15) is 0 Å². The van der Waals surface area contributed by atoms with Crippen molar-refractivity contribution in [1.29, 1.82) is 0 Å². The second-order valence-corrected chi connectivity index (χ2v) is 5.38. The van der Waals surface area contributed by atoms with E-state index in [2.05, 4.69) is 0 Å². The van der Waals surface area contributed by atoms with E-state index >= 15 is 0 Å². The molecule has 1 aliphatic carbocycles. The molecule has 1 rings (SSSR count). The second-order valence-electron chi connectivity index (χ2n) is 5.38. The predicted molar refractivity (Wildman–Crippen MR) is 66.3 cm³/mol. The van der Waals surface area contributed by atoms with Gasteiger partial charge in [-0.3, -0.25) is 4.79 Å². The van der Waals surface area contributed by atoms with Crippen LogP contribution < -0.4 is 0 Å². The van der Waals surface area contributed by atoms with Crippen LogP contribution in [0, 0.1) is 0 Å². The number of aliphatic hydroxyl groups excluding tert-OH is 1. The highest BCUT2D eigenvalue weighted by atomic mass is 16.4. The predicted octanol–water partition coefficient (Wildman–Crippen LogP) is 0.748. The van der Waals surface area contributed by atoms with E-state index in [-0.39, 0.29) is 31.6 Å². The molecule has 1 aliphatic rings. The van der Waals surface area contributed by atoms with Crippen molar-refractivity contribution in [3.05, 3.63) is 0 Å². The highest BCUT2D eigenvalue weighted by molar-refractivity contribution is 5.76. The zero-order chi connectivity index (χ0) is 13.9. The molecule has 1 saturated carbocycles. The lowest BCUT2D eigenvalue weighted by molar-refractivity contribution is -0.137. The van der Waals surface area contributed by atoms with Gasteiger partial charge in [-0.1, -0.05) is 0 Å². The lowest BCUT2D eigenvalue weighted by atomic mass is 10.1. The number of hydrogen-bond donors (Lipinski definition) is 2. The maximum Gasteiger partial charge on any atom is 0.320 e. The van der Waals surface area contributed by atoms with Gasteiger partial charge in [0.25, 0.3) is 0 Å². The van der Waals surface area contributed by atoms with E-state index in [0.29, 0.717) is 0 Å². The van der Waals surface area contributed by atoms with Gasteiger partial charge in [-0.05, 0) is 26.7 Å². The number of carboxylic acids is 1. The van der Waals surface area contributed by atoms with Crippen molar-refractivity contribution < 1.29 is 19.8 Å². The Morgan fingerprint density at radius 2 is 1.89 bits per heavy atom. The fourth-order valence-corrected chi connectivity index (χ4v) is 1.59. The third kappa shape index (κ3) is 3.60. The molecule has 0 heterocycles. The molecular formula is C12H22N2O4. The highest BCUT2D eigenvalue weighted by Crippen LogP contribution is 2.29. The lowest BCUT2D eigenvalue weighted by Gasteiger charge is -2.37. The number of rotatable bonds is 6. The first kappa shape index (κ1) is 14.8. The van der Waals surface area contributed by atoms with E-state index in [1.165, 1.54) is 4.90 Å². The van der Waals surface area contributed by atoms with Crippen molar-refractivity contribution in [3.8, 4) is 0 Å². The molecular weight excluding hydrogens is 236 g/mol. The molecule has 0 bridgehead atoms. The van der Waals surface area contributed by atoms with Gasteiger partial charge in [-0.15, -0.1) is 0 Å². The summed E-state index contributed by atoms with van der Waals surface area (Å²) in [6, 6.07) is -0.0495. The van der Waals surface area contributed by atoms with E-state index in [1.807, 2.05) is 0 Å². The zero-order valence-electron chi connectivity index (χ0n) is 11.2. The Morgan fingerprint density at radius 1 is 1.33 bits per heavy atom. The third-order valence-corrected chi connectivity index (χ3v) is 3.38. The number of urea groups is 1. The van der Waals surface area contributed by atoms with E-state index in [4.69, 9.17) is 5.11 Å². The molecule has 0 atom stereocenters. The molecule has 0 spiro atoms. The summed E-state index contributed by atoms with van der Waals surface area (Å²) in [5.74, 6) is -0.905. The van der Waals surface area contributed by atoms with Crippen molar-refractivity contribution in [3.63, 3.8) is 0 Å². The quantitative estimate of drug-likeness (QED) is 0.736. The molecule has 2 N–H and O–H groups in total. The summed E-state index contributed by atoms with van der Waals surface area (Å²) in [5, 5.41) is 18.0. The minimum atomic E-state index is -0.905. The van der Waals surface area contributed by atoms with Crippen LogP contribution in [0.5, 0.6) is 0 Å².